The zero-order chi connectivity index (χ0) is 24.6. The lowest BCUT2D eigenvalue weighted by atomic mass is 9.97. The first-order valence-corrected chi connectivity index (χ1v) is 12.9. The first-order valence-electron chi connectivity index (χ1n) is 11.9. The number of nitrogens with two attached hydrogens (primary N) is 1. The van der Waals surface area contributed by atoms with Crippen LogP contribution in [0.5, 0.6) is 11.5 Å². The molecular weight excluding hydrogens is 466 g/mol. The second-order valence-electron chi connectivity index (χ2n) is 8.95. The summed E-state index contributed by atoms with van der Waals surface area (Å²) in [6.07, 6.45) is 0.849. The first kappa shape index (κ1) is 22.6. The highest BCUT2D eigenvalue weighted by molar-refractivity contribution is 7.08. The molecule has 0 atom stereocenters. The van der Waals surface area contributed by atoms with E-state index in [1.807, 2.05) is 24.3 Å². The summed E-state index contributed by atoms with van der Waals surface area (Å²) >= 11 is 1.69. The van der Waals surface area contributed by atoms with Gasteiger partial charge >= 0.3 is 0 Å². The van der Waals surface area contributed by atoms with Crippen LogP contribution in [0.3, 0.4) is 0 Å². The van der Waals surface area contributed by atoms with Gasteiger partial charge in [-0.05, 0) is 58.0 Å². The molecule has 0 aliphatic heterocycles. The molecular formula is C30H27N3O2S. The summed E-state index contributed by atoms with van der Waals surface area (Å²) < 4.78 is 13.1. The van der Waals surface area contributed by atoms with Crippen LogP contribution in [0, 0.1) is 0 Å². The average Bonchev–Trinajstić information content (AvgIpc) is 3.66. The Kier molecular flexibility index (Phi) is 5.83. The van der Waals surface area contributed by atoms with Crippen molar-refractivity contribution in [3.05, 3.63) is 111 Å². The molecule has 36 heavy (non-hydrogen) atoms. The van der Waals surface area contributed by atoms with Crippen molar-refractivity contribution in [1.29, 1.82) is 0 Å². The van der Waals surface area contributed by atoms with Crippen LogP contribution in [-0.4, -0.2) is 24.0 Å². The van der Waals surface area contributed by atoms with E-state index in [0.29, 0.717) is 6.54 Å². The van der Waals surface area contributed by atoms with Gasteiger partial charge < -0.3 is 15.2 Å². The van der Waals surface area contributed by atoms with Crippen LogP contribution >= 0.6 is 11.3 Å². The molecule has 180 valence electrons. The maximum absolute atomic E-state index is 5.97. The fourth-order valence-electron chi connectivity index (χ4n) is 5.13. The number of benzene rings is 3. The minimum Gasteiger partial charge on any atom is -0.497 e. The fourth-order valence-corrected chi connectivity index (χ4v) is 5.77. The van der Waals surface area contributed by atoms with Crippen molar-refractivity contribution in [2.75, 3.05) is 14.2 Å². The third-order valence-corrected chi connectivity index (χ3v) is 7.62. The zero-order valence-electron chi connectivity index (χ0n) is 20.3. The van der Waals surface area contributed by atoms with E-state index < -0.39 is 0 Å². The summed E-state index contributed by atoms with van der Waals surface area (Å²) in [5, 5.41) is 9.58. The van der Waals surface area contributed by atoms with Gasteiger partial charge in [-0.2, -0.15) is 16.4 Å². The first-order chi connectivity index (χ1) is 17.7. The summed E-state index contributed by atoms with van der Waals surface area (Å²) in [5.41, 5.74) is 16.6. The van der Waals surface area contributed by atoms with Gasteiger partial charge in [0, 0.05) is 35.0 Å². The lowest BCUT2D eigenvalue weighted by Crippen LogP contribution is -2.15. The number of methoxy groups -OCH3 is 2. The van der Waals surface area contributed by atoms with Gasteiger partial charge in [-0.25, -0.2) is 0 Å². The predicted molar refractivity (Wildman–Crippen MR) is 145 cm³/mol. The van der Waals surface area contributed by atoms with Gasteiger partial charge in [-0.1, -0.05) is 42.5 Å². The smallest absolute Gasteiger partial charge is 0.118 e. The largest absolute Gasteiger partial charge is 0.497 e. The standard InChI is InChI=1S/C30H27N3O2S/c1-34-24-8-4-20(5-9-24)29(21-6-10-25(35-2)11-7-21)33-30-26-12-3-19(17-31)15-23(26)16-27(30)28(32-33)22-13-14-36-18-22/h3-15,18,29H,16-17,31H2,1-2H3. The minimum atomic E-state index is -0.122. The molecule has 0 saturated heterocycles. The summed E-state index contributed by atoms with van der Waals surface area (Å²) in [6, 6.07) is 25.2. The normalized spacial score (nSPS) is 12.0. The van der Waals surface area contributed by atoms with Crippen molar-refractivity contribution in [3.8, 4) is 34.0 Å². The highest BCUT2D eigenvalue weighted by Crippen LogP contribution is 2.45. The number of hydrogen-bond donors (Lipinski definition) is 1. The highest BCUT2D eigenvalue weighted by Gasteiger charge is 2.32. The van der Waals surface area contributed by atoms with Gasteiger partial charge in [0.05, 0.1) is 25.6 Å². The lowest BCUT2D eigenvalue weighted by molar-refractivity contribution is 0.414. The quantitative estimate of drug-likeness (QED) is 0.284. The molecule has 3 aromatic carbocycles. The molecule has 0 radical (unpaired) electrons. The van der Waals surface area contributed by atoms with Crippen molar-refractivity contribution in [2.45, 2.75) is 19.0 Å². The van der Waals surface area contributed by atoms with Crippen molar-refractivity contribution < 1.29 is 9.47 Å². The Hall–Kier alpha value is -3.87. The molecule has 6 heteroatoms. The summed E-state index contributed by atoms with van der Waals surface area (Å²) in [7, 11) is 3.38. The van der Waals surface area contributed by atoms with Crippen molar-refractivity contribution in [1.82, 2.24) is 9.78 Å². The van der Waals surface area contributed by atoms with Gasteiger partial charge in [0.2, 0.25) is 0 Å². The van der Waals surface area contributed by atoms with Gasteiger partial charge in [0.25, 0.3) is 0 Å². The van der Waals surface area contributed by atoms with Crippen molar-refractivity contribution >= 4 is 11.3 Å². The second kappa shape index (κ2) is 9.30. The molecule has 2 heterocycles. The molecule has 0 spiro atoms. The Bertz CT molecular complexity index is 1460. The Morgan fingerprint density at radius 1 is 0.917 bits per heavy atom. The van der Waals surface area contributed by atoms with Gasteiger partial charge in [-0.15, -0.1) is 0 Å². The summed E-state index contributed by atoms with van der Waals surface area (Å²) in [5.74, 6) is 1.66. The SMILES string of the molecule is COc1ccc(C(c2ccc(OC)cc2)n2nc(-c3ccsc3)c3c2-c2ccc(CN)cc2C3)cc1. The van der Waals surface area contributed by atoms with E-state index in [0.717, 1.165) is 45.9 Å². The van der Waals surface area contributed by atoms with E-state index in [-0.39, 0.29) is 6.04 Å². The van der Waals surface area contributed by atoms with Gasteiger partial charge in [-0.3, -0.25) is 4.68 Å². The van der Waals surface area contributed by atoms with Crippen LogP contribution in [0.15, 0.2) is 83.6 Å². The van der Waals surface area contributed by atoms with Gasteiger partial charge in [0.15, 0.2) is 0 Å². The van der Waals surface area contributed by atoms with Crippen LogP contribution in [0.25, 0.3) is 22.5 Å². The monoisotopic (exact) mass is 493 g/mol. The molecule has 1 aliphatic rings. The molecule has 0 fully saturated rings. The van der Waals surface area contributed by atoms with E-state index in [1.165, 1.54) is 22.4 Å². The van der Waals surface area contributed by atoms with E-state index in [4.69, 9.17) is 20.3 Å². The topological polar surface area (TPSA) is 62.3 Å². The van der Waals surface area contributed by atoms with Crippen LogP contribution in [0.1, 0.15) is 33.9 Å². The minimum absolute atomic E-state index is 0.122. The number of thiophene rings is 1. The van der Waals surface area contributed by atoms with Crippen LogP contribution < -0.4 is 15.2 Å². The molecule has 5 nitrogen and oxygen atoms in total. The zero-order valence-corrected chi connectivity index (χ0v) is 21.1. The number of nitrogens with zero attached hydrogens (tertiary/aromatic N) is 2. The van der Waals surface area contributed by atoms with Crippen LogP contribution in [-0.2, 0) is 13.0 Å². The van der Waals surface area contributed by atoms with E-state index in [2.05, 4.69) is 64.0 Å². The maximum atomic E-state index is 5.97. The second-order valence-corrected chi connectivity index (χ2v) is 9.73. The predicted octanol–water partition coefficient (Wildman–Crippen LogP) is 6.30. The lowest BCUT2D eigenvalue weighted by Gasteiger charge is -2.22. The van der Waals surface area contributed by atoms with Gasteiger partial charge in [0.1, 0.15) is 17.5 Å². The van der Waals surface area contributed by atoms with Crippen molar-refractivity contribution in [3.63, 3.8) is 0 Å². The van der Waals surface area contributed by atoms with E-state index in [9.17, 15) is 0 Å². The Labute approximate surface area is 214 Å². The molecule has 2 aromatic heterocycles. The molecule has 2 N–H and O–H groups in total. The molecule has 0 bridgehead atoms. The number of rotatable bonds is 7. The number of hydrogen-bond acceptors (Lipinski definition) is 5. The Morgan fingerprint density at radius 3 is 2.14 bits per heavy atom. The molecule has 6 rings (SSSR count). The average molecular weight is 494 g/mol. The van der Waals surface area contributed by atoms with Crippen molar-refractivity contribution in [2.24, 2.45) is 5.73 Å². The third-order valence-electron chi connectivity index (χ3n) is 6.94. The molecule has 0 amide bonds. The number of aromatic nitrogens is 2. The van der Waals surface area contributed by atoms with Crippen LogP contribution in [0.2, 0.25) is 0 Å². The summed E-state index contributed by atoms with van der Waals surface area (Å²) in [4.78, 5) is 0. The molecule has 5 aromatic rings. The molecule has 0 saturated carbocycles. The highest BCUT2D eigenvalue weighted by atomic mass is 32.1. The molecule has 0 unspecified atom stereocenters. The maximum Gasteiger partial charge on any atom is 0.118 e. The molecule has 1 aliphatic carbocycles. The van der Waals surface area contributed by atoms with Crippen LogP contribution in [0.4, 0.5) is 0 Å². The van der Waals surface area contributed by atoms with E-state index >= 15 is 0 Å². The third kappa shape index (κ3) is 3.79. The summed E-state index contributed by atoms with van der Waals surface area (Å²) in [6.45, 7) is 0.535. The number of ether oxygens (including phenoxy) is 2. The Morgan fingerprint density at radius 2 is 1.58 bits per heavy atom. The Balaban J connectivity index is 1.59. The number of fused-ring (bicyclic) bond motifs is 3. The van der Waals surface area contributed by atoms with E-state index in [1.54, 1.807) is 25.6 Å². The fraction of sp³-hybridized carbons (Fsp3) is 0.167.